The van der Waals surface area contributed by atoms with Crippen LogP contribution < -0.4 is 15.5 Å². The molecule has 0 aliphatic carbocycles. The fraction of sp³-hybridized carbons (Fsp3) is 0.500. The molecule has 1 fully saturated rings. The van der Waals surface area contributed by atoms with E-state index in [9.17, 15) is 9.00 Å². The van der Waals surface area contributed by atoms with Crippen molar-refractivity contribution in [3.8, 4) is 11.4 Å². The maximum Gasteiger partial charge on any atom is 0.319 e. The number of rotatable bonds is 5. The molecule has 2 aliphatic rings. The molecular formula is C22H30N6O3S. The molecule has 9 nitrogen and oxygen atoms in total. The fourth-order valence-corrected chi connectivity index (χ4v) is 4.72. The summed E-state index contributed by atoms with van der Waals surface area (Å²) >= 11 is 0. The van der Waals surface area contributed by atoms with Gasteiger partial charge in [0.25, 0.3) is 0 Å². The Bertz CT molecular complexity index is 978. The molecule has 2 amide bonds. The molecule has 1 atom stereocenters. The molecule has 1 saturated heterocycles. The third-order valence-corrected chi connectivity index (χ3v) is 6.79. The Balaban J connectivity index is 1.66. The van der Waals surface area contributed by atoms with Gasteiger partial charge in [-0.2, -0.15) is 0 Å². The Morgan fingerprint density at radius 1 is 1.09 bits per heavy atom. The first kappa shape index (κ1) is 22.6. The second kappa shape index (κ2) is 10.4. The summed E-state index contributed by atoms with van der Waals surface area (Å²) in [6.45, 7) is 6.84. The summed E-state index contributed by atoms with van der Waals surface area (Å²) < 4.78 is 19.6. The van der Waals surface area contributed by atoms with Gasteiger partial charge < -0.3 is 20.3 Å². The third-order valence-electron chi connectivity index (χ3n) is 5.69. The lowest BCUT2D eigenvalue weighted by Crippen LogP contribution is -2.38. The molecule has 1 aromatic carbocycles. The number of nitrogens with one attached hydrogen (secondary N) is 2. The smallest absolute Gasteiger partial charge is 0.319 e. The zero-order chi connectivity index (χ0) is 22.5. The monoisotopic (exact) mass is 458 g/mol. The Morgan fingerprint density at radius 3 is 2.50 bits per heavy atom. The van der Waals surface area contributed by atoms with Crippen molar-refractivity contribution in [3.63, 3.8) is 0 Å². The normalized spacial score (nSPS) is 17.9. The van der Waals surface area contributed by atoms with Gasteiger partial charge in [-0.05, 0) is 37.6 Å². The third kappa shape index (κ3) is 5.25. The summed E-state index contributed by atoms with van der Waals surface area (Å²) in [6.07, 6.45) is 3.24. The Labute approximate surface area is 191 Å². The molecule has 2 aliphatic heterocycles. The average molecular weight is 459 g/mol. The van der Waals surface area contributed by atoms with Gasteiger partial charge in [0.1, 0.15) is 5.82 Å². The first-order valence-electron chi connectivity index (χ1n) is 11.0. The topological polar surface area (TPSA) is 99.7 Å². The van der Waals surface area contributed by atoms with Gasteiger partial charge in [0.15, 0.2) is 5.82 Å². The molecule has 0 bridgehead atoms. The fourth-order valence-electron chi connectivity index (χ4n) is 4.02. The number of carbonyl (C=O) groups excluding carboxylic acids is 1. The largest absolute Gasteiger partial charge is 0.378 e. The van der Waals surface area contributed by atoms with Crippen LogP contribution in [-0.4, -0.2) is 76.7 Å². The van der Waals surface area contributed by atoms with Gasteiger partial charge in [-0.15, -0.1) is 0 Å². The van der Waals surface area contributed by atoms with Crippen LogP contribution in [0.4, 0.5) is 16.3 Å². The Kier molecular flexibility index (Phi) is 7.33. The number of urea groups is 1. The Hall–Kier alpha value is -2.56. The highest BCUT2D eigenvalue weighted by Crippen LogP contribution is 2.29. The first-order chi connectivity index (χ1) is 15.5. The number of nitrogens with zero attached hydrogens (tertiary/aromatic N) is 4. The van der Waals surface area contributed by atoms with Crippen molar-refractivity contribution in [1.29, 1.82) is 0 Å². The number of fused-ring (bicyclic) bond motifs is 1. The molecule has 3 heterocycles. The van der Waals surface area contributed by atoms with Crippen molar-refractivity contribution in [2.24, 2.45) is 0 Å². The highest BCUT2D eigenvalue weighted by atomic mass is 32.2. The summed E-state index contributed by atoms with van der Waals surface area (Å²) in [5.41, 5.74) is 3.78. The predicted molar refractivity (Wildman–Crippen MR) is 126 cm³/mol. The molecule has 10 heteroatoms. The van der Waals surface area contributed by atoms with E-state index in [0.717, 1.165) is 55.1 Å². The number of hydrogen-bond acceptors (Lipinski definition) is 6. The predicted octanol–water partition coefficient (Wildman–Crippen LogP) is 1.82. The zero-order valence-electron chi connectivity index (χ0n) is 18.6. The van der Waals surface area contributed by atoms with Crippen molar-refractivity contribution in [2.75, 3.05) is 62.4 Å². The summed E-state index contributed by atoms with van der Waals surface area (Å²) in [5, 5.41) is 5.53. The lowest BCUT2D eigenvalue weighted by atomic mass is 10.1. The van der Waals surface area contributed by atoms with Gasteiger partial charge in [0.2, 0.25) is 0 Å². The van der Waals surface area contributed by atoms with E-state index in [2.05, 4.69) is 15.5 Å². The van der Waals surface area contributed by atoms with E-state index < -0.39 is 11.0 Å². The second-order valence-electron chi connectivity index (χ2n) is 7.81. The molecule has 172 valence electrons. The van der Waals surface area contributed by atoms with Crippen molar-refractivity contribution in [3.05, 3.63) is 35.5 Å². The molecule has 2 aromatic rings. The highest BCUT2D eigenvalue weighted by molar-refractivity contribution is 7.81. The summed E-state index contributed by atoms with van der Waals surface area (Å²) in [6, 6.07) is 7.34. The lowest BCUT2D eigenvalue weighted by Gasteiger charge is -2.30. The van der Waals surface area contributed by atoms with E-state index in [1.165, 1.54) is 0 Å². The standard InChI is InChI=1S/C22H30N6O3S/c1-3-23-22(29)24-17-6-4-16(5-7-17)20-25-19-9-11-28(32(2)30)10-8-18(19)21(26-20)27-12-14-31-15-13-27/h4-7H,3,8-15H2,1-2H3,(H2,23,24,29). The van der Waals surface area contributed by atoms with Crippen molar-refractivity contribution < 1.29 is 13.7 Å². The molecule has 0 saturated carbocycles. The molecule has 2 N–H and O–H groups in total. The summed E-state index contributed by atoms with van der Waals surface area (Å²) in [5.74, 6) is 1.63. The van der Waals surface area contributed by atoms with Gasteiger partial charge >= 0.3 is 6.03 Å². The number of morpholine rings is 1. The Morgan fingerprint density at radius 2 is 1.81 bits per heavy atom. The minimum absolute atomic E-state index is 0.228. The number of aromatic nitrogens is 2. The summed E-state index contributed by atoms with van der Waals surface area (Å²) in [7, 11) is -1.00. The van der Waals surface area contributed by atoms with Crippen molar-refractivity contribution in [1.82, 2.24) is 19.6 Å². The van der Waals surface area contributed by atoms with E-state index in [1.54, 1.807) is 6.26 Å². The van der Waals surface area contributed by atoms with E-state index >= 15 is 0 Å². The first-order valence-corrected chi connectivity index (χ1v) is 12.5. The molecule has 0 radical (unpaired) electrons. The lowest BCUT2D eigenvalue weighted by molar-refractivity contribution is 0.122. The quantitative estimate of drug-likeness (QED) is 0.709. The minimum Gasteiger partial charge on any atom is -0.378 e. The van der Waals surface area contributed by atoms with Crippen molar-refractivity contribution in [2.45, 2.75) is 19.8 Å². The van der Waals surface area contributed by atoms with Crippen LogP contribution in [0.5, 0.6) is 0 Å². The van der Waals surface area contributed by atoms with Gasteiger partial charge in [0.05, 0.1) is 29.9 Å². The van der Waals surface area contributed by atoms with Crippen molar-refractivity contribution >= 4 is 28.5 Å². The van der Waals surface area contributed by atoms with Gasteiger partial charge in [-0.1, -0.05) is 0 Å². The van der Waals surface area contributed by atoms with E-state index in [4.69, 9.17) is 14.7 Å². The van der Waals surface area contributed by atoms with Crippen LogP contribution in [0.25, 0.3) is 11.4 Å². The van der Waals surface area contributed by atoms with Gasteiger partial charge in [-0.3, -0.25) is 0 Å². The number of hydrogen-bond donors (Lipinski definition) is 2. The number of ether oxygens (including phenoxy) is 1. The molecule has 32 heavy (non-hydrogen) atoms. The van der Waals surface area contributed by atoms with E-state index in [0.29, 0.717) is 37.8 Å². The number of amides is 2. The zero-order valence-corrected chi connectivity index (χ0v) is 19.4. The van der Waals surface area contributed by atoms with Crippen LogP contribution in [0.3, 0.4) is 0 Å². The van der Waals surface area contributed by atoms with Crippen LogP contribution in [0.1, 0.15) is 18.2 Å². The molecule has 0 spiro atoms. The maximum absolute atomic E-state index is 12.1. The van der Waals surface area contributed by atoms with Crippen LogP contribution in [0.2, 0.25) is 0 Å². The average Bonchev–Trinajstić information content (AvgIpc) is 3.02. The maximum atomic E-state index is 12.1. The molecule has 1 aromatic heterocycles. The van der Waals surface area contributed by atoms with Crippen LogP contribution in [0.15, 0.2) is 24.3 Å². The second-order valence-corrected chi connectivity index (χ2v) is 9.17. The highest BCUT2D eigenvalue weighted by Gasteiger charge is 2.25. The molecule has 1 unspecified atom stereocenters. The molecular weight excluding hydrogens is 428 g/mol. The van der Waals surface area contributed by atoms with Crippen LogP contribution in [-0.2, 0) is 28.6 Å². The number of carbonyl (C=O) groups is 1. The van der Waals surface area contributed by atoms with Gasteiger partial charge in [-0.25, -0.2) is 23.3 Å². The number of benzene rings is 1. The minimum atomic E-state index is -1.00. The van der Waals surface area contributed by atoms with Gasteiger partial charge in [0, 0.05) is 62.2 Å². The van der Waals surface area contributed by atoms with Crippen LogP contribution in [0, 0.1) is 0 Å². The van der Waals surface area contributed by atoms with E-state index in [-0.39, 0.29) is 6.03 Å². The molecule has 4 rings (SSSR count). The number of anilines is 2. The summed E-state index contributed by atoms with van der Waals surface area (Å²) in [4.78, 5) is 23.9. The van der Waals surface area contributed by atoms with E-state index in [1.807, 2.05) is 35.5 Å². The van der Waals surface area contributed by atoms with Crippen LogP contribution >= 0.6 is 0 Å². The SMILES string of the molecule is CCNC(=O)Nc1ccc(-c2nc3c(c(N4CCOCC4)n2)CCN(S(C)=O)CC3)cc1.